The number of halogens is 2. The summed E-state index contributed by atoms with van der Waals surface area (Å²) in [7, 11) is 0. The molecule has 0 aliphatic carbocycles. The molecule has 2 aromatic carbocycles. The SMILES string of the molecule is Cc1cc(CNCc2ccc(F)c(C#N)c2)cc(C)c1F. The maximum atomic E-state index is 13.5. The molecule has 0 spiro atoms. The molecule has 0 unspecified atom stereocenters. The normalized spacial score (nSPS) is 10.4. The van der Waals surface area contributed by atoms with Crippen LogP contribution in [0, 0.1) is 36.8 Å². The maximum Gasteiger partial charge on any atom is 0.140 e. The van der Waals surface area contributed by atoms with E-state index in [1.54, 1.807) is 32.0 Å². The number of nitrogens with zero attached hydrogens (tertiary/aromatic N) is 1. The van der Waals surface area contributed by atoms with E-state index in [1.165, 1.54) is 12.1 Å². The summed E-state index contributed by atoms with van der Waals surface area (Å²) in [6.45, 7) is 4.58. The Morgan fingerprint density at radius 1 is 1.00 bits per heavy atom. The van der Waals surface area contributed by atoms with Crippen LogP contribution in [-0.4, -0.2) is 0 Å². The fourth-order valence-electron chi connectivity index (χ4n) is 2.26. The second-order valence-electron chi connectivity index (χ2n) is 5.07. The van der Waals surface area contributed by atoms with Gasteiger partial charge in [0.05, 0.1) is 5.56 Å². The van der Waals surface area contributed by atoms with Crippen molar-refractivity contribution in [3.63, 3.8) is 0 Å². The standard InChI is InChI=1S/C17H16F2N2/c1-11-5-14(6-12(2)17(11)19)10-21-9-13-3-4-16(18)15(7-13)8-20/h3-7,21H,9-10H2,1-2H3. The number of hydrogen-bond donors (Lipinski definition) is 1. The summed E-state index contributed by atoms with van der Waals surface area (Å²) in [4.78, 5) is 0. The van der Waals surface area contributed by atoms with Gasteiger partial charge in [-0.1, -0.05) is 18.2 Å². The largest absolute Gasteiger partial charge is 0.309 e. The van der Waals surface area contributed by atoms with E-state index in [4.69, 9.17) is 5.26 Å². The summed E-state index contributed by atoms with van der Waals surface area (Å²) in [5, 5.41) is 12.0. The molecule has 1 N–H and O–H groups in total. The molecule has 0 radical (unpaired) electrons. The average Bonchev–Trinajstić information content (AvgIpc) is 2.46. The highest BCUT2D eigenvalue weighted by atomic mass is 19.1. The van der Waals surface area contributed by atoms with Crippen molar-refractivity contribution in [2.45, 2.75) is 26.9 Å². The van der Waals surface area contributed by atoms with Crippen LogP contribution in [0.25, 0.3) is 0 Å². The maximum absolute atomic E-state index is 13.5. The number of rotatable bonds is 4. The van der Waals surface area contributed by atoms with E-state index in [0.717, 1.165) is 11.1 Å². The zero-order chi connectivity index (χ0) is 15.4. The Hall–Kier alpha value is -2.25. The molecule has 2 rings (SSSR count). The monoisotopic (exact) mass is 286 g/mol. The number of nitriles is 1. The summed E-state index contributed by atoms with van der Waals surface area (Å²) in [5.74, 6) is -0.679. The highest BCUT2D eigenvalue weighted by Crippen LogP contribution is 2.15. The summed E-state index contributed by atoms with van der Waals surface area (Å²) >= 11 is 0. The molecule has 2 aromatic rings. The van der Waals surface area contributed by atoms with E-state index >= 15 is 0 Å². The van der Waals surface area contributed by atoms with Crippen LogP contribution in [0.2, 0.25) is 0 Å². The third kappa shape index (κ3) is 3.65. The van der Waals surface area contributed by atoms with Crippen molar-refractivity contribution < 1.29 is 8.78 Å². The summed E-state index contributed by atoms with van der Waals surface area (Å²) in [5.41, 5.74) is 3.13. The van der Waals surface area contributed by atoms with Gasteiger partial charge in [0.2, 0.25) is 0 Å². The van der Waals surface area contributed by atoms with Gasteiger partial charge in [0, 0.05) is 13.1 Å². The molecule has 0 amide bonds. The lowest BCUT2D eigenvalue weighted by molar-refractivity contribution is 0.606. The third-order valence-electron chi connectivity index (χ3n) is 3.31. The molecule has 0 bridgehead atoms. The van der Waals surface area contributed by atoms with Gasteiger partial charge in [-0.25, -0.2) is 8.78 Å². The molecule has 0 saturated carbocycles. The Morgan fingerprint density at radius 3 is 2.24 bits per heavy atom. The van der Waals surface area contributed by atoms with E-state index in [9.17, 15) is 8.78 Å². The van der Waals surface area contributed by atoms with Gasteiger partial charge in [0.25, 0.3) is 0 Å². The van der Waals surface area contributed by atoms with Gasteiger partial charge in [-0.2, -0.15) is 5.26 Å². The zero-order valence-electron chi connectivity index (χ0n) is 12.0. The minimum absolute atomic E-state index is 0.0442. The second-order valence-corrected chi connectivity index (χ2v) is 5.07. The lowest BCUT2D eigenvalue weighted by Gasteiger charge is -2.09. The lowest BCUT2D eigenvalue weighted by atomic mass is 10.1. The van der Waals surface area contributed by atoms with Crippen LogP contribution in [0.5, 0.6) is 0 Å². The van der Waals surface area contributed by atoms with E-state index < -0.39 is 5.82 Å². The number of nitrogens with one attached hydrogen (secondary N) is 1. The Morgan fingerprint density at radius 2 is 1.62 bits per heavy atom. The quantitative estimate of drug-likeness (QED) is 0.929. The molecule has 0 aliphatic rings. The highest BCUT2D eigenvalue weighted by molar-refractivity contribution is 5.34. The highest BCUT2D eigenvalue weighted by Gasteiger charge is 2.05. The Balaban J connectivity index is 2.00. The number of aryl methyl sites for hydroxylation is 2. The third-order valence-corrected chi connectivity index (χ3v) is 3.31. The van der Waals surface area contributed by atoms with Crippen molar-refractivity contribution in [2.24, 2.45) is 0 Å². The van der Waals surface area contributed by atoms with Crippen molar-refractivity contribution in [3.8, 4) is 6.07 Å². The first kappa shape index (κ1) is 15.1. The number of benzene rings is 2. The van der Waals surface area contributed by atoms with Gasteiger partial charge >= 0.3 is 0 Å². The Bertz CT molecular complexity index is 679. The molecule has 0 atom stereocenters. The molecule has 108 valence electrons. The van der Waals surface area contributed by atoms with Crippen LogP contribution in [0.3, 0.4) is 0 Å². The predicted molar refractivity (Wildman–Crippen MR) is 77.5 cm³/mol. The van der Waals surface area contributed by atoms with Crippen molar-refractivity contribution in [2.75, 3.05) is 0 Å². The minimum atomic E-state index is -0.508. The van der Waals surface area contributed by atoms with Crippen LogP contribution in [0.4, 0.5) is 8.78 Å². The first-order valence-corrected chi connectivity index (χ1v) is 6.66. The van der Waals surface area contributed by atoms with Crippen LogP contribution in [-0.2, 0) is 13.1 Å². The van der Waals surface area contributed by atoms with Gasteiger partial charge in [0.1, 0.15) is 17.7 Å². The zero-order valence-corrected chi connectivity index (χ0v) is 12.0. The average molecular weight is 286 g/mol. The lowest BCUT2D eigenvalue weighted by Crippen LogP contribution is -2.13. The van der Waals surface area contributed by atoms with E-state index in [-0.39, 0.29) is 11.4 Å². The molecule has 2 nitrogen and oxygen atoms in total. The topological polar surface area (TPSA) is 35.8 Å². The Kier molecular flexibility index (Phi) is 4.66. The van der Waals surface area contributed by atoms with Crippen LogP contribution >= 0.6 is 0 Å². The first-order valence-electron chi connectivity index (χ1n) is 6.66. The van der Waals surface area contributed by atoms with Crippen molar-refractivity contribution in [1.29, 1.82) is 5.26 Å². The summed E-state index contributed by atoms with van der Waals surface area (Å²) < 4.78 is 26.7. The van der Waals surface area contributed by atoms with E-state index in [2.05, 4.69) is 5.32 Å². The molecule has 4 heteroatoms. The smallest absolute Gasteiger partial charge is 0.140 e. The van der Waals surface area contributed by atoms with Crippen molar-refractivity contribution in [1.82, 2.24) is 5.32 Å². The van der Waals surface area contributed by atoms with Crippen LogP contribution in [0.1, 0.15) is 27.8 Å². The van der Waals surface area contributed by atoms with Gasteiger partial charge in [-0.3, -0.25) is 0 Å². The molecular weight excluding hydrogens is 270 g/mol. The minimum Gasteiger partial charge on any atom is -0.309 e. The van der Waals surface area contributed by atoms with E-state index in [1.807, 2.05) is 6.07 Å². The molecular formula is C17H16F2N2. The van der Waals surface area contributed by atoms with E-state index in [0.29, 0.717) is 24.2 Å². The van der Waals surface area contributed by atoms with Crippen LogP contribution < -0.4 is 5.32 Å². The first-order chi connectivity index (χ1) is 10.0. The molecule has 0 saturated heterocycles. The van der Waals surface area contributed by atoms with Gasteiger partial charge in [-0.15, -0.1) is 0 Å². The van der Waals surface area contributed by atoms with Gasteiger partial charge in [0.15, 0.2) is 0 Å². The number of hydrogen-bond acceptors (Lipinski definition) is 2. The molecule has 0 fully saturated rings. The second kappa shape index (κ2) is 6.47. The fourth-order valence-corrected chi connectivity index (χ4v) is 2.26. The predicted octanol–water partition coefficient (Wildman–Crippen LogP) is 3.74. The summed E-state index contributed by atoms with van der Waals surface area (Å²) in [6, 6.07) is 9.90. The van der Waals surface area contributed by atoms with Gasteiger partial charge < -0.3 is 5.32 Å². The molecule has 21 heavy (non-hydrogen) atoms. The van der Waals surface area contributed by atoms with Gasteiger partial charge in [-0.05, 0) is 48.2 Å². The Labute approximate surface area is 123 Å². The molecule has 0 aliphatic heterocycles. The van der Waals surface area contributed by atoms with Crippen molar-refractivity contribution >= 4 is 0 Å². The molecule has 0 aromatic heterocycles. The summed E-state index contributed by atoms with van der Waals surface area (Å²) in [6.07, 6.45) is 0. The van der Waals surface area contributed by atoms with Crippen molar-refractivity contribution in [3.05, 3.63) is 69.8 Å². The molecule has 0 heterocycles. The van der Waals surface area contributed by atoms with Crippen LogP contribution in [0.15, 0.2) is 30.3 Å². The fraction of sp³-hybridized carbons (Fsp3) is 0.235.